The van der Waals surface area contributed by atoms with Gasteiger partial charge in [0.2, 0.25) is 10.0 Å². The van der Waals surface area contributed by atoms with Gasteiger partial charge in [-0.15, -0.1) is 0 Å². The third-order valence-corrected chi connectivity index (χ3v) is 4.93. The van der Waals surface area contributed by atoms with E-state index in [-0.39, 0.29) is 11.4 Å². The Kier molecular flexibility index (Phi) is 4.83. The third kappa shape index (κ3) is 3.71. The van der Waals surface area contributed by atoms with Crippen molar-refractivity contribution in [2.45, 2.75) is 31.5 Å². The standard InChI is InChI=1S/C12H17F3N2O2S/c1-8-4-10(6-16)5-11(9(8)2)20(18,19)17(3)7-12(13,14)15/h4-5H,6-7,16H2,1-3H3. The van der Waals surface area contributed by atoms with Gasteiger partial charge in [0.15, 0.2) is 0 Å². The second-order valence-corrected chi connectivity index (χ2v) is 6.63. The molecule has 2 N–H and O–H groups in total. The fraction of sp³-hybridized carbons (Fsp3) is 0.500. The van der Waals surface area contributed by atoms with E-state index in [9.17, 15) is 21.6 Å². The molecular formula is C12H17F3N2O2S. The maximum Gasteiger partial charge on any atom is 0.402 e. The minimum absolute atomic E-state index is 0.118. The monoisotopic (exact) mass is 310 g/mol. The first-order chi connectivity index (χ1) is 8.99. The molecule has 0 saturated heterocycles. The van der Waals surface area contributed by atoms with Crippen LogP contribution in [-0.4, -0.2) is 32.5 Å². The summed E-state index contributed by atoms with van der Waals surface area (Å²) in [7, 11) is -3.29. The van der Waals surface area contributed by atoms with E-state index >= 15 is 0 Å². The highest BCUT2D eigenvalue weighted by molar-refractivity contribution is 7.89. The first-order valence-corrected chi connectivity index (χ1v) is 7.26. The quantitative estimate of drug-likeness (QED) is 0.924. The molecule has 0 saturated carbocycles. The van der Waals surface area contributed by atoms with Crippen LogP contribution in [0.2, 0.25) is 0 Å². The van der Waals surface area contributed by atoms with Gasteiger partial charge in [-0.3, -0.25) is 0 Å². The molecule has 0 amide bonds. The van der Waals surface area contributed by atoms with Crippen LogP contribution in [0.3, 0.4) is 0 Å². The van der Waals surface area contributed by atoms with Crippen LogP contribution in [0.4, 0.5) is 13.2 Å². The second-order valence-electron chi connectivity index (χ2n) is 4.62. The number of nitrogens with two attached hydrogens (primary N) is 1. The minimum Gasteiger partial charge on any atom is -0.326 e. The Morgan fingerprint density at radius 3 is 2.25 bits per heavy atom. The van der Waals surface area contributed by atoms with E-state index in [0.717, 1.165) is 7.05 Å². The summed E-state index contributed by atoms with van der Waals surface area (Å²) in [5.74, 6) is 0. The molecule has 0 aromatic heterocycles. The first kappa shape index (κ1) is 16.9. The van der Waals surface area contributed by atoms with Crippen molar-refractivity contribution >= 4 is 10.0 Å². The normalized spacial score (nSPS) is 13.0. The lowest BCUT2D eigenvalue weighted by Crippen LogP contribution is -2.36. The Hall–Kier alpha value is -1.12. The average molecular weight is 310 g/mol. The Bertz CT molecular complexity index is 597. The molecule has 0 radical (unpaired) electrons. The molecular weight excluding hydrogens is 293 g/mol. The fourth-order valence-electron chi connectivity index (χ4n) is 1.79. The molecule has 1 aromatic rings. The highest BCUT2D eigenvalue weighted by Gasteiger charge is 2.35. The number of hydrogen-bond acceptors (Lipinski definition) is 3. The molecule has 0 spiro atoms. The number of nitrogens with zero attached hydrogens (tertiary/aromatic N) is 1. The van der Waals surface area contributed by atoms with Crippen molar-refractivity contribution in [1.82, 2.24) is 4.31 Å². The number of alkyl halides is 3. The highest BCUT2D eigenvalue weighted by atomic mass is 32.2. The van der Waals surface area contributed by atoms with Gasteiger partial charge in [0.05, 0.1) is 4.90 Å². The van der Waals surface area contributed by atoms with E-state index in [1.807, 2.05) is 0 Å². The lowest BCUT2D eigenvalue weighted by molar-refractivity contribution is -0.134. The maximum atomic E-state index is 12.4. The van der Waals surface area contributed by atoms with Crippen LogP contribution in [0.25, 0.3) is 0 Å². The zero-order valence-electron chi connectivity index (χ0n) is 11.5. The number of rotatable bonds is 4. The molecule has 0 bridgehead atoms. The SMILES string of the molecule is Cc1cc(CN)cc(S(=O)(=O)N(C)CC(F)(F)F)c1C. The molecule has 0 unspecified atom stereocenters. The van der Waals surface area contributed by atoms with Gasteiger partial charge in [-0.05, 0) is 36.6 Å². The molecule has 0 atom stereocenters. The van der Waals surface area contributed by atoms with Crippen LogP contribution in [0.1, 0.15) is 16.7 Å². The van der Waals surface area contributed by atoms with E-state index in [2.05, 4.69) is 0 Å². The molecule has 0 aliphatic heterocycles. The van der Waals surface area contributed by atoms with Crippen LogP contribution in [0.15, 0.2) is 17.0 Å². The maximum absolute atomic E-state index is 12.4. The van der Waals surface area contributed by atoms with Gasteiger partial charge in [0.25, 0.3) is 0 Å². The van der Waals surface area contributed by atoms with E-state index in [1.54, 1.807) is 19.9 Å². The molecule has 0 aliphatic rings. The van der Waals surface area contributed by atoms with Gasteiger partial charge in [-0.1, -0.05) is 6.07 Å². The molecule has 20 heavy (non-hydrogen) atoms. The van der Waals surface area contributed by atoms with Gasteiger partial charge in [0.1, 0.15) is 6.54 Å². The van der Waals surface area contributed by atoms with Crippen LogP contribution in [0.5, 0.6) is 0 Å². The third-order valence-electron chi connectivity index (χ3n) is 3.01. The van der Waals surface area contributed by atoms with Crippen LogP contribution >= 0.6 is 0 Å². The first-order valence-electron chi connectivity index (χ1n) is 5.82. The topological polar surface area (TPSA) is 63.4 Å². The predicted octanol–water partition coefficient (Wildman–Crippen LogP) is 1.94. The molecule has 1 aromatic carbocycles. The van der Waals surface area contributed by atoms with Crippen molar-refractivity contribution in [2.24, 2.45) is 5.73 Å². The van der Waals surface area contributed by atoms with Crippen LogP contribution < -0.4 is 5.73 Å². The van der Waals surface area contributed by atoms with Crippen molar-refractivity contribution in [3.8, 4) is 0 Å². The molecule has 114 valence electrons. The summed E-state index contributed by atoms with van der Waals surface area (Å²) in [6, 6.07) is 3.04. The molecule has 1 rings (SSSR count). The lowest BCUT2D eigenvalue weighted by atomic mass is 10.1. The largest absolute Gasteiger partial charge is 0.402 e. The van der Waals surface area contributed by atoms with Crippen molar-refractivity contribution in [1.29, 1.82) is 0 Å². The smallest absolute Gasteiger partial charge is 0.326 e. The molecule has 0 fully saturated rings. The van der Waals surface area contributed by atoms with E-state index in [0.29, 0.717) is 21.0 Å². The summed E-state index contributed by atoms with van der Waals surface area (Å²) in [4.78, 5) is -0.135. The molecule has 4 nitrogen and oxygen atoms in total. The minimum atomic E-state index is -4.59. The molecule has 8 heteroatoms. The Balaban J connectivity index is 3.32. The van der Waals surface area contributed by atoms with Gasteiger partial charge in [-0.2, -0.15) is 17.5 Å². The van der Waals surface area contributed by atoms with Crippen molar-refractivity contribution in [2.75, 3.05) is 13.6 Å². The molecule has 0 heterocycles. The fourth-order valence-corrected chi connectivity index (χ4v) is 3.29. The highest BCUT2D eigenvalue weighted by Crippen LogP contribution is 2.26. The average Bonchev–Trinajstić information content (AvgIpc) is 2.29. The Morgan fingerprint density at radius 2 is 1.80 bits per heavy atom. The van der Waals surface area contributed by atoms with Gasteiger partial charge >= 0.3 is 6.18 Å². The van der Waals surface area contributed by atoms with Crippen molar-refractivity contribution in [3.05, 3.63) is 28.8 Å². The summed E-state index contributed by atoms with van der Waals surface area (Å²) < 4.78 is 61.8. The van der Waals surface area contributed by atoms with Crippen LogP contribution in [0, 0.1) is 13.8 Å². The zero-order chi connectivity index (χ0) is 15.7. The number of sulfonamides is 1. The Labute approximate surface area is 116 Å². The molecule has 0 aliphatic carbocycles. The predicted molar refractivity (Wildman–Crippen MR) is 69.7 cm³/mol. The van der Waals surface area contributed by atoms with Crippen LogP contribution in [-0.2, 0) is 16.6 Å². The summed E-state index contributed by atoms with van der Waals surface area (Å²) in [5, 5.41) is 0. The number of aryl methyl sites for hydroxylation is 1. The van der Waals surface area contributed by atoms with Crippen molar-refractivity contribution in [3.63, 3.8) is 0 Å². The summed E-state index contributed by atoms with van der Waals surface area (Å²) in [5.41, 5.74) is 7.13. The summed E-state index contributed by atoms with van der Waals surface area (Å²) in [6.07, 6.45) is -4.59. The second kappa shape index (κ2) is 5.71. The van der Waals surface area contributed by atoms with E-state index in [1.165, 1.54) is 6.07 Å². The van der Waals surface area contributed by atoms with E-state index < -0.39 is 22.7 Å². The lowest BCUT2D eigenvalue weighted by Gasteiger charge is -2.21. The van der Waals surface area contributed by atoms with E-state index in [4.69, 9.17) is 5.73 Å². The number of halogens is 3. The number of benzene rings is 1. The van der Waals surface area contributed by atoms with Gasteiger partial charge in [0, 0.05) is 13.6 Å². The summed E-state index contributed by atoms with van der Waals surface area (Å²) >= 11 is 0. The number of hydrogen-bond donors (Lipinski definition) is 1. The van der Waals surface area contributed by atoms with Crippen molar-refractivity contribution < 1.29 is 21.6 Å². The Morgan fingerprint density at radius 1 is 1.25 bits per heavy atom. The summed E-state index contributed by atoms with van der Waals surface area (Å²) in [6.45, 7) is 1.84. The zero-order valence-corrected chi connectivity index (χ0v) is 12.3. The van der Waals surface area contributed by atoms with Gasteiger partial charge < -0.3 is 5.73 Å². The van der Waals surface area contributed by atoms with Gasteiger partial charge in [-0.25, -0.2) is 8.42 Å².